The van der Waals surface area contributed by atoms with E-state index in [2.05, 4.69) is 25.1 Å². The second-order valence-corrected chi connectivity index (χ2v) is 6.29. The Kier molecular flexibility index (Phi) is 4.87. The summed E-state index contributed by atoms with van der Waals surface area (Å²) in [4.78, 5) is 27.3. The second-order valence-electron chi connectivity index (χ2n) is 6.29. The summed E-state index contributed by atoms with van der Waals surface area (Å²) >= 11 is 0. The van der Waals surface area contributed by atoms with Gasteiger partial charge in [-0.25, -0.2) is 4.79 Å². The zero-order chi connectivity index (χ0) is 18.0. The van der Waals surface area contributed by atoms with Gasteiger partial charge in [-0.3, -0.25) is 4.79 Å². The number of fused-ring (bicyclic) bond motifs is 1. The van der Waals surface area contributed by atoms with Crippen molar-refractivity contribution in [1.82, 2.24) is 25.1 Å². The second kappa shape index (κ2) is 7.08. The first-order valence-corrected chi connectivity index (χ1v) is 8.49. The number of rotatable bonds is 4. The molecule has 0 aromatic carbocycles. The molecule has 0 spiro atoms. The van der Waals surface area contributed by atoms with Crippen molar-refractivity contribution >= 4 is 11.9 Å². The lowest BCUT2D eigenvalue weighted by atomic mass is 10.1. The molecule has 25 heavy (non-hydrogen) atoms. The predicted molar refractivity (Wildman–Crippen MR) is 90.4 cm³/mol. The zero-order valence-corrected chi connectivity index (χ0v) is 14.8. The van der Waals surface area contributed by atoms with Crippen molar-refractivity contribution < 1.29 is 14.3 Å². The summed E-state index contributed by atoms with van der Waals surface area (Å²) in [6.07, 6.45) is 4.34. The SMILES string of the molecule is COC(=O)c1c(C)[nH]c(C(=O)NCc2nnc3n2CCCCC3)c1C. The van der Waals surface area contributed by atoms with Crippen molar-refractivity contribution in [1.29, 1.82) is 0 Å². The quantitative estimate of drug-likeness (QED) is 0.821. The van der Waals surface area contributed by atoms with Crippen LogP contribution >= 0.6 is 0 Å². The topological polar surface area (TPSA) is 102 Å². The maximum atomic E-state index is 12.5. The van der Waals surface area contributed by atoms with Gasteiger partial charge in [0.2, 0.25) is 0 Å². The molecule has 2 N–H and O–H groups in total. The van der Waals surface area contributed by atoms with Gasteiger partial charge in [0.1, 0.15) is 11.5 Å². The van der Waals surface area contributed by atoms with E-state index in [4.69, 9.17) is 4.74 Å². The molecule has 0 saturated carbocycles. The average Bonchev–Trinajstić information content (AvgIpc) is 3.02. The van der Waals surface area contributed by atoms with Gasteiger partial charge in [0.05, 0.1) is 19.2 Å². The van der Waals surface area contributed by atoms with E-state index in [1.807, 2.05) is 0 Å². The number of hydrogen-bond acceptors (Lipinski definition) is 5. The number of carbonyl (C=O) groups excluding carboxylic acids is 2. The molecule has 8 heteroatoms. The number of amides is 1. The summed E-state index contributed by atoms with van der Waals surface area (Å²) in [7, 11) is 1.32. The van der Waals surface area contributed by atoms with E-state index in [9.17, 15) is 9.59 Å². The number of ether oxygens (including phenoxy) is 1. The maximum Gasteiger partial charge on any atom is 0.339 e. The molecular formula is C17H23N5O3. The molecule has 2 aromatic rings. The standard InChI is InChI=1S/C17H23N5O3/c1-10-14(17(24)25-3)11(2)19-15(10)16(23)18-9-13-21-20-12-7-5-4-6-8-22(12)13/h19H,4-9H2,1-3H3,(H,18,23). The van der Waals surface area contributed by atoms with Crippen LogP contribution < -0.4 is 5.32 Å². The minimum absolute atomic E-state index is 0.276. The van der Waals surface area contributed by atoms with Crippen molar-refractivity contribution in [2.24, 2.45) is 0 Å². The van der Waals surface area contributed by atoms with Crippen molar-refractivity contribution in [3.05, 3.63) is 34.2 Å². The van der Waals surface area contributed by atoms with Gasteiger partial charge in [-0.15, -0.1) is 10.2 Å². The van der Waals surface area contributed by atoms with Crippen LogP contribution in [0.25, 0.3) is 0 Å². The number of aromatic amines is 1. The Balaban J connectivity index is 1.74. The molecule has 1 aliphatic heterocycles. The number of aryl methyl sites for hydroxylation is 2. The predicted octanol–water partition coefficient (Wildman–Crippen LogP) is 1.67. The van der Waals surface area contributed by atoms with E-state index in [0.29, 0.717) is 29.1 Å². The van der Waals surface area contributed by atoms with E-state index in [1.165, 1.54) is 13.5 Å². The van der Waals surface area contributed by atoms with Crippen LogP contribution in [0.5, 0.6) is 0 Å². The van der Waals surface area contributed by atoms with Gasteiger partial charge >= 0.3 is 5.97 Å². The number of aromatic nitrogens is 4. The Morgan fingerprint density at radius 3 is 2.80 bits per heavy atom. The van der Waals surface area contributed by atoms with Crippen molar-refractivity contribution in [2.75, 3.05) is 7.11 Å². The number of nitrogens with one attached hydrogen (secondary N) is 2. The highest BCUT2D eigenvalue weighted by atomic mass is 16.5. The average molecular weight is 345 g/mol. The molecule has 3 rings (SSSR count). The van der Waals surface area contributed by atoms with Crippen LogP contribution in [0.15, 0.2) is 0 Å². The molecule has 0 fully saturated rings. The lowest BCUT2D eigenvalue weighted by molar-refractivity contribution is 0.0599. The van der Waals surface area contributed by atoms with Crippen LogP contribution in [0.1, 0.15) is 63.0 Å². The van der Waals surface area contributed by atoms with Crippen LogP contribution in [0, 0.1) is 13.8 Å². The number of carbonyl (C=O) groups is 2. The van der Waals surface area contributed by atoms with Gasteiger partial charge in [0.25, 0.3) is 5.91 Å². The molecule has 0 saturated heterocycles. The summed E-state index contributed by atoms with van der Waals surface area (Å²) in [5, 5.41) is 11.3. The monoisotopic (exact) mass is 345 g/mol. The third-order valence-corrected chi connectivity index (χ3v) is 4.65. The van der Waals surface area contributed by atoms with Gasteiger partial charge < -0.3 is 19.6 Å². The molecule has 134 valence electrons. The molecule has 2 aromatic heterocycles. The smallest absolute Gasteiger partial charge is 0.339 e. The number of nitrogens with zero attached hydrogens (tertiary/aromatic N) is 3. The molecule has 8 nitrogen and oxygen atoms in total. The van der Waals surface area contributed by atoms with E-state index >= 15 is 0 Å². The van der Waals surface area contributed by atoms with Crippen molar-refractivity contribution in [2.45, 2.75) is 52.6 Å². The Morgan fingerprint density at radius 2 is 2.04 bits per heavy atom. The highest BCUT2D eigenvalue weighted by Crippen LogP contribution is 2.19. The fourth-order valence-corrected chi connectivity index (χ4v) is 3.31. The van der Waals surface area contributed by atoms with E-state index in [0.717, 1.165) is 37.5 Å². The third kappa shape index (κ3) is 3.29. The minimum Gasteiger partial charge on any atom is -0.465 e. The Bertz CT molecular complexity index is 806. The maximum absolute atomic E-state index is 12.5. The van der Waals surface area contributed by atoms with Crippen LogP contribution in [-0.2, 0) is 24.2 Å². The van der Waals surface area contributed by atoms with Crippen molar-refractivity contribution in [3.8, 4) is 0 Å². The van der Waals surface area contributed by atoms with Gasteiger partial charge in [-0.1, -0.05) is 6.42 Å². The third-order valence-electron chi connectivity index (χ3n) is 4.65. The lowest BCUT2D eigenvalue weighted by Gasteiger charge is -2.08. The summed E-state index contributed by atoms with van der Waals surface area (Å²) in [5.74, 6) is 1.02. The minimum atomic E-state index is -0.451. The molecule has 0 atom stereocenters. The molecule has 0 radical (unpaired) electrons. The van der Waals surface area contributed by atoms with Gasteiger partial charge in [-0.2, -0.15) is 0 Å². The fraction of sp³-hybridized carbons (Fsp3) is 0.529. The highest BCUT2D eigenvalue weighted by molar-refractivity contribution is 6.00. The van der Waals surface area contributed by atoms with E-state index in [-0.39, 0.29) is 5.91 Å². The number of esters is 1. The first-order valence-electron chi connectivity index (χ1n) is 8.49. The molecule has 0 aliphatic carbocycles. The number of H-pyrrole nitrogens is 1. The Morgan fingerprint density at radius 1 is 1.24 bits per heavy atom. The molecular weight excluding hydrogens is 322 g/mol. The van der Waals surface area contributed by atoms with Crippen LogP contribution in [0.2, 0.25) is 0 Å². The molecule has 1 aliphatic rings. The van der Waals surface area contributed by atoms with Crippen LogP contribution in [-0.4, -0.2) is 38.7 Å². The van der Waals surface area contributed by atoms with Gasteiger partial charge in [0, 0.05) is 18.7 Å². The lowest BCUT2D eigenvalue weighted by Crippen LogP contribution is -2.26. The summed E-state index contributed by atoms with van der Waals surface area (Å²) in [6.45, 7) is 4.67. The van der Waals surface area contributed by atoms with Crippen LogP contribution in [0.4, 0.5) is 0 Å². The summed E-state index contributed by atoms with van der Waals surface area (Å²) < 4.78 is 6.87. The highest BCUT2D eigenvalue weighted by Gasteiger charge is 2.23. The zero-order valence-electron chi connectivity index (χ0n) is 14.8. The van der Waals surface area contributed by atoms with Crippen LogP contribution in [0.3, 0.4) is 0 Å². The van der Waals surface area contributed by atoms with E-state index < -0.39 is 5.97 Å². The molecule has 0 unspecified atom stereocenters. The number of methoxy groups -OCH3 is 1. The van der Waals surface area contributed by atoms with Crippen molar-refractivity contribution in [3.63, 3.8) is 0 Å². The van der Waals surface area contributed by atoms with Gasteiger partial charge in [0.15, 0.2) is 5.82 Å². The summed E-state index contributed by atoms with van der Waals surface area (Å²) in [6, 6.07) is 0. The van der Waals surface area contributed by atoms with E-state index in [1.54, 1.807) is 13.8 Å². The fourth-order valence-electron chi connectivity index (χ4n) is 3.31. The summed E-state index contributed by atoms with van der Waals surface area (Å²) in [5.41, 5.74) is 1.98. The number of hydrogen-bond donors (Lipinski definition) is 2. The first kappa shape index (κ1) is 17.2. The first-order chi connectivity index (χ1) is 12.0. The molecule has 3 heterocycles. The van der Waals surface area contributed by atoms with Gasteiger partial charge in [-0.05, 0) is 32.3 Å². The molecule has 1 amide bonds. The Labute approximate surface area is 146 Å². The largest absolute Gasteiger partial charge is 0.465 e. The normalized spacial score (nSPS) is 13.9. The molecule has 0 bridgehead atoms. The Hall–Kier alpha value is -2.64.